The highest BCUT2D eigenvalue weighted by Gasteiger charge is 2.69. The summed E-state index contributed by atoms with van der Waals surface area (Å²) in [5.41, 5.74) is -1.14. The second kappa shape index (κ2) is 5.39. The molecule has 3 saturated carbocycles. The molecule has 2 N–H and O–H groups in total. The maximum absolute atomic E-state index is 12.4. The van der Waals surface area contributed by atoms with Crippen LogP contribution in [0.2, 0.25) is 0 Å². The molecule has 0 aromatic rings. The molecule has 0 heterocycles. The largest absolute Gasteiger partial charge is 0.393 e. The summed E-state index contributed by atoms with van der Waals surface area (Å²) in [4.78, 5) is 24.3. The monoisotopic (exact) mass is 358 g/mol. The maximum atomic E-state index is 12.4. The van der Waals surface area contributed by atoms with Gasteiger partial charge in [-0.2, -0.15) is 0 Å². The first-order valence-electron chi connectivity index (χ1n) is 9.91. The second-order valence-corrected chi connectivity index (χ2v) is 9.67. The summed E-state index contributed by atoms with van der Waals surface area (Å²) in [7, 11) is 0. The van der Waals surface area contributed by atoms with Gasteiger partial charge < -0.3 is 10.2 Å². The average Bonchev–Trinajstić information content (AvgIpc) is 2.76. The molecule has 26 heavy (non-hydrogen) atoms. The SMILES string of the molecule is CC(=O)[C@@]1(O)C(C)C[C@H]2[C@@H]3CCC4=CC(=O)C=C[C@]4(C)[C@H]3C(O)C[C@@]21C. The first kappa shape index (κ1) is 18.1. The number of allylic oxidation sites excluding steroid dienone is 4. The van der Waals surface area contributed by atoms with Crippen LogP contribution in [0.15, 0.2) is 23.8 Å². The average molecular weight is 358 g/mol. The molecular weight excluding hydrogens is 328 g/mol. The van der Waals surface area contributed by atoms with Gasteiger partial charge in [0.05, 0.1) is 6.10 Å². The molecule has 0 bridgehead atoms. The highest BCUT2D eigenvalue weighted by molar-refractivity contribution is 6.01. The second-order valence-electron chi connectivity index (χ2n) is 9.67. The van der Waals surface area contributed by atoms with E-state index in [0.717, 1.165) is 24.8 Å². The van der Waals surface area contributed by atoms with Crippen LogP contribution in [-0.2, 0) is 9.59 Å². The summed E-state index contributed by atoms with van der Waals surface area (Å²) >= 11 is 0. The van der Waals surface area contributed by atoms with Gasteiger partial charge in [-0.05, 0) is 62.5 Å². The van der Waals surface area contributed by atoms with Crippen LogP contribution in [-0.4, -0.2) is 33.5 Å². The summed E-state index contributed by atoms with van der Waals surface area (Å²) in [5, 5.41) is 22.6. The Morgan fingerprint density at radius 3 is 2.65 bits per heavy atom. The van der Waals surface area contributed by atoms with Gasteiger partial charge in [0.25, 0.3) is 0 Å². The molecule has 0 radical (unpaired) electrons. The first-order chi connectivity index (χ1) is 12.1. The quantitative estimate of drug-likeness (QED) is 0.756. The maximum Gasteiger partial charge on any atom is 0.178 e. The molecule has 0 aromatic carbocycles. The Morgan fingerprint density at radius 1 is 1.31 bits per heavy atom. The van der Waals surface area contributed by atoms with E-state index in [2.05, 4.69) is 6.92 Å². The Bertz CT molecular complexity index is 736. The fourth-order valence-corrected chi connectivity index (χ4v) is 7.41. The molecule has 4 aliphatic rings. The van der Waals surface area contributed by atoms with Gasteiger partial charge in [-0.25, -0.2) is 0 Å². The Balaban J connectivity index is 1.79. The van der Waals surface area contributed by atoms with E-state index >= 15 is 0 Å². The van der Waals surface area contributed by atoms with Crippen LogP contribution in [0.4, 0.5) is 0 Å². The summed E-state index contributed by atoms with van der Waals surface area (Å²) in [5.74, 6) is 0.252. The van der Waals surface area contributed by atoms with Crippen molar-refractivity contribution in [2.24, 2.45) is 34.5 Å². The lowest BCUT2D eigenvalue weighted by molar-refractivity contribution is -0.180. The van der Waals surface area contributed by atoms with Gasteiger partial charge in [0, 0.05) is 16.7 Å². The molecule has 142 valence electrons. The minimum Gasteiger partial charge on any atom is -0.393 e. The normalized spacial score (nSPS) is 52.8. The summed E-state index contributed by atoms with van der Waals surface area (Å²) in [6.07, 6.45) is 7.79. The first-order valence-corrected chi connectivity index (χ1v) is 9.91. The summed E-state index contributed by atoms with van der Waals surface area (Å²) in [6, 6.07) is 0. The number of Topliss-reactive ketones (excluding diaryl/α,β-unsaturated/α-hetero) is 1. The molecule has 0 amide bonds. The lowest BCUT2D eigenvalue weighted by atomic mass is 9.46. The van der Waals surface area contributed by atoms with Crippen LogP contribution < -0.4 is 0 Å². The Morgan fingerprint density at radius 2 is 2.00 bits per heavy atom. The molecule has 3 fully saturated rings. The number of carbonyl (C=O) groups is 2. The van der Waals surface area contributed by atoms with Gasteiger partial charge in [-0.15, -0.1) is 0 Å². The topological polar surface area (TPSA) is 74.6 Å². The minimum atomic E-state index is -1.36. The van der Waals surface area contributed by atoms with E-state index in [-0.39, 0.29) is 40.7 Å². The molecule has 0 saturated heterocycles. The van der Waals surface area contributed by atoms with Crippen molar-refractivity contribution in [3.05, 3.63) is 23.8 Å². The van der Waals surface area contributed by atoms with Gasteiger partial charge in [-0.3, -0.25) is 9.59 Å². The van der Waals surface area contributed by atoms with Crippen LogP contribution in [0.5, 0.6) is 0 Å². The van der Waals surface area contributed by atoms with Crippen molar-refractivity contribution in [1.82, 2.24) is 0 Å². The molecule has 0 aromatic heterocycles. The highest BCUT2D eigenvalue weighted by atomic mass is 16.3. The van der Waals surface area contributed by atoms with Crippen molar-refractivity contribution in [3.8, 4) is 0 Å². The van der Waals surface area contributed by atoms with Crippen molar-refractivity contribution in [2.45, 2.75) is 65.1 Å². The predicted octanol–water partition coefficient (Wildman–Crippen LogP) is 2.83. The van der Waals surface area contributed by atoms with Crippen LogP contribution in [0.1, 0.15) is 53.4 Å². The van der Waals surface area contributed by atoms with Crippen molar-refractivity contribution < 1.29 is 19.8 Å². The molecule has 4 aliphatic carbocycles. The van der Waals surface area contributed by atoms with Crippen molar-refractivity contribution >= 4 is 11.6 Å². The number of rotatable bonds is 1. The lowest BCUT2D eigenvalue weighted by Crippen LogP contribution is -2.61. The third-order valence-electron chi connectivity index (χ3n) is 8.61. The van der Waals surface area contributed by atoms with Crippen molar-refractivity contribution in [2.75, 3.05) is 0 Å². The molecule has 2 unspecified atom stereocenters. The van der Waals surface area contributed by atoms with Crippen LogP contribution in [0.3, 0.4) is 0 Å². The third kappa shape index (κ3) is 1.98. The fourth-order valence-electron chi connectivity index (χ4n) is 7.41. The zero-order chi connectivity index (χ0) is 19.1. The Kier molecular flexibility index (Phi) is 3.75. The van der Waals surface area contributed by atoms with E-state index in [1.54, 1.807) is 12.2 Å². The van der Waals surface area contributed by atoms with E-state index < -0.39 is 17.1 Å². The lowest BCUT2D eigenvalue weighted by Gasteiger charge is -2.59. The van der Waals surface area contributed by atoms with Gasteiger partial charge in [0.1, 0.15) is 5.60 Å². The number of ketones is 2. The molecule has 4 heteroatoms. The molecule has 0 aliphatic heterocycles. The molecular formula is C22H30O4. The molecule has 8 atom stereocenters. The zero-order valence-electron chi connectivity index (χ0n) is 16.2. The van der Waals surface area contributed by atoms with Gasteiger partial charge in [0.15, 0.2) is 11.6 Å². The number of aliphatic hydroxyl groups is 2. The number of carbonyl (C=O) groups excluding carboxylic acids is 2. The smallest absolute Gasteiger partial charge is 0.178 e. The van der Waals surface area contributed by atoms with E-state index in [1.807, 2.05) is 19.9 Å². The predicted molar refractivity (Wildman–Crippen MR) is 98.2 cm³/mol. The summed E-state index contributed by atoms with van der Waals surface area (Å²) in [6.45, 7) is 7.61. The standard InChI is InChI=1S/C22H30O4/c1-12-9-17-16-6-5-14-10-15(24)7-8-20(14,3)19(16)18(25)11-21(17,4)22(12,26)13(2)23/h7-8,10,12,16-19,25-26H,5-6,9,11H2,1-4H3/t12?,16-,17-,18?,19+,20-,21-,22-/m0/s1. The van der Waals surface area contributed by atoms with Gasteiger partial charge in [-0.1, -0.05) is 32.4 Å². The van der Waals surface area contributed by atoms with Gasteiger partial charge in [0.2, 0.25) is 0 Å². The van der Waals surface area contributed by atoms with E-state index in [1.165, 1.54) is 6.92 Å². The molecule has 4 rings (SSSR count). The van der Waals surface area contributed by atoms with Crippen LogP contribution in [0.25, 0.3) is 0 Å². The molecule has 0 spiro atoms. The zero-order valence-corrected chi connectivity index (χ0v) is 16.2. The number of fused-ring (bicyclic) bond motifs is 5. The third-order valence-corrected chi connectivity index (χ3v) is 8.61. The summed E-state index contributed by atoms with van der Waals surface area (Å²) < 4.78 is 0. The Hall–Kier alpha value is -1.26. The van der Waals surface area contributed by atoms with Crippen molar-refractivity contribution in [3.63, 3.8) is 0 Å². The van der Waals surface area contributed by atoms with Crippen molar-refractivity contribution in [1.29, 1.82) is 0 Å². The van der Waals surface area contributed by atoms with Crippen LogP contribution >= 0.6 is 0 Å². The molecule has 4 nitrogen and oxygen atoms in total. The fraction of sp³-hybridized carbons (Fsp3) is 0.727. The number of hydrogen-bond acceptors (Lipinski definition) is 4. The van der Waals surface area contributed by atoms with E-state index in [4.69, 9.17) is 0 Å². The van der Waals surface area contributed by atoms with E-state index in [9.17, 15) is 19.8 Å². The number of hydrogen-bond donors (Lipinski definition) is 2. The minimum absolute atomic E-state index is 0.0337. The Labute approximate surface area is 155 Å². The number of aliphatic hydroxyl groups excluding tert-OH is 1. The van der Waals surface area contributed by atoms with E-state index in [0.29, 0.717) is 6.42 Å². The van der Waals surface area contributed by atoms with Gasteiger partial charge >= 0.3 is 0 Å². The van der Waals surface area contributed by atoms with Crippen LogP contribution in [0, 0.1) is 34.5 Å². The highest BCUT2D eigenvalue weighted by Crippen LogP contribution is 2.68.